The predicted molar refractivity (Wildman–Crippen MR) is 74.4 cm³/mol. The van der Waals surface area contributed by atoms with Gasteiger partial charge in [0.25, 0.3) is 0 Å². The van der Waals surface area contributed by atoms with Crippen LogP contribution >= 0.6 is 0 Å². The summed E-state index contributed by atoms with van der Waals surface area (Å²) in [6.45, 7) is 2.76. The minimum atomic E-state index is -0.374. The first-order chi connectivity index (χ1) is 9.69. The molecule has 2 heterocycles. The van der Waals surface area contributed by atoms with E-state index in [-0.39, 0.29) is 12.0 Å². The molecule has 0 bridgehead atoms. The average molecular weight is 272 g/mol. The topological polar surface area (TPSA) is 84.7 Å². The molecule has 7 nitrogen and oxygen atoms in total. The van der Waals surface area contributed by atoms with Crippen LogP contribution in [-0.4, -0.2) is 25.8 Å². The molecule has 0 spiro atoms. The number of amides is 2. The third-order valence-electron chi connectivity index (χ3n) is 3.05. The Morgan fingerprint density at radius 1 is 1.45 bits per heavy atom. The highest BCUT2D eigenvalue weighted by Crippen LogP contribution is 2.30. The molecule has 0 unspecified atom stereocenters. The molecule has 0 aromatic carbocycles. The van der Waals surface area contributed by atoms with Crippen molar-refractivity contribution in [2.24, 2.45) is 5.92 Å². The van der Waals surface area contributed by atoms with Crippen LogP contribution in [0.3, 0.4) is 0 Å². The average Bonchev–Trinajstić information content (AvgIpc) is 3.09. The van der Waals surface area contributed by atoms with E-state index in [2.05, 4.69) is 25.7 Å². The number of urea groups is 1. The van der Waals surface area contributed by atoms with Crippen molar-refractivity contribution in [2.45, 2.75) is 26.3 Å². The van der Waals surface area contributed by atoms with Crippen LogP contribution in [0.4, 0.5) is 16.4 Å². The molecule has 2 aromatic heterocycles. The molecule has 20 heavy (non-hydrogen) atoms. The van der Waals surface area contributed by atoms with Crippen LogP contribution in [0.1, 0.15) is 18.5 Å². The Morgan fingerprint density at radius 2 is 2.30 bits per heavy atom. The molecule has 0 radical (unpaired) electrons. The minimum absolute atomic E-state index is 0.285. The summed E-state index contributed by atoms with van der Waals surface area (Å²) in [6.07, 6.45) is 7.61. The zero-order valence-corrected chi connectivity index (χ0v) is 11.2. The van der Waals surface area contributed by atoms with Crippen LogP contribution in [0.15, 0.2) is 24.7 Å². The molecule has 1 aliphatic rings. The Balaban J connectivity index is 1.56. The van der Waals surface area contributed by atoms with Crippen molar-refractivity contribution in [3.63, 3.8) is 0 Å². The van der Waals surface area contributed by atoms with E-state index in [0.29, 0.717) is 5.69 Å². The van der Waals surface area contributed by atoms with Crippen LogP contribution in [0, 0.1) is 12.8 Å². The lowest BCUT2D eigenvalue weighted by Gasteiger charge is -2.04. The summed E-state index contributed by atoms with van der Waals surface area (Å²) < 4.78 is 1.86. The summed E-state index contributed by atoms with van der Waals surface area (Å²) in [6, 6.07) is 1.40. The number of rotatable bonds is 4. The molecule has 1 fully saturated rings. The van der Waals surface area contributed by atoms with Crippen molar-refractivity contribution in [3.8, 4) is 0 Å². The molecule has 0 saturated heterocycles. The number of carbonyl (C=O) groups is 1. The van der Waals surface area contributed by atoms with Gasteiger partial charge >= 0.3 is 6.03 Å². The number of anilines is 2. The van der Waals surface area contributed by atoms with Crippen molar-refractivity contribution in [3.05, 3.63) is 30.4 Å². The van der Waals surface area contributed by atoms with Gasteiger partial charge in [-0.2, -0.15) is 5.10 Å². The van der Waals surface area contributed by atoms with Crippen molar-refractivity contribution < 1.29 is 4.79 Å². The van der Waals surface area contributed by atoms with Gasteiger partial charge in [0.05, 0.1) is 11.9 Å². The van der Waals surface area contributed by atoms with Gasteiger partial charge < -0.3 is 5.32 Å². The number of aryl methyl sites for hydroxylation is 1. The fraction of sp³-hybridized carbons (Fsp3) is 0.385. The zero-order valence-electron chi connectivity index (χ0n) is 11.2. The fourth-order valence-corrected chi connectivity index (χ4v) is 1.87. The van der Waals surface area contributed by atoms with Crippen LogP contribution in [0.2, 0.25) is 0 Å². The van der Waals surface area contributed by atoms with Gasteiger partial charge in [0.2, 0.25) is 5.95 Å². The maximum absolute atomic E-state index is 11.8. The predicted octanol–water partition coefficient (Wildman–Crippen LogP) is 2.04. The Morgan fingerprint density at radius 3 is 3.05 bits per heavy atom. The van der Waals surface area contributed by atoms with Gasteiger partial charge in [0.1, 0.15) is 0 Å². The number of aromatic nitrogens is 4. The normalized spacial score (nSPS) is 14.1. The van der Waals surface area contributed by atoms with E-state index >= 15 is 0 Å². The lowest BCUT2D eigenvalue weighted by Crippen LogP contribution is -2.20. The van der Waals surface area contributed by atoms with Crippen LogP contribution in [0.5, 0.6) is 0 Å². The van der Waals surface area contributed by atoms with E-state index < -0.39 is 0 Å². The van der Waals surface area contributed by atoms with Gasteiger partial charge in [-0.1, -0.05) is 0 Å². The molecular formula is C13H16N6O. The maximum Gasteiger partial charge on any atom is 0.326 e. The molecule has 2 amide bonds. The number of nitrogens with zero attached hydrogens (tertiary/aromatic N) is 4. The summed E-state index contributed by atoms with van der Waals surface area (Å²) in [4.78, 5) is 19.9. The summed E-state index contributed by atoms with van der Waals surface area (Å²) in [5.41, 5.74) is 1.46. The molecular weight excluding hydrogens is 256 g/mol. The Kier molecular flexibility index (Phi) is 3.32. The van der Waals surface area contributed by atoms with Crippen LogP contribution in [0.25, 0.3) is 0 Å². The first-order valence-electron chi connectivity index (χ1n) is 6.59. The van der Waals surface area contributed by atoms with Gasteiger partial charge in [0.15, 0.2) is 0 Å². The Labute approximate surface area is 116 Å². The second kappa shape index (κ2) is 5.28. The number of carbonyl (C=O) groups excluding carboxylic acids is 1. The molecule has 1 aliphatic carbocycles. The molecule has 2 N–H and O–H groups in total. The van der Waals surface area contributed by atoms with E-state index in [1.807, 2.05) is 17.8 Å². The van der Waals surface area contributed by atoms with E-state index in [9.17, 15) is 4.79 Å². The third-order valence-corrected chi connectivity index (χ3v) is 3.05. The van der Waals surface area contributed by atoms with Gasteiger partial charge in [-0.3, -0.25) is 10.00 Å². The van der Waals surface area contributed by atoms with Gasteiger partial charge in [-0.25, -0.2) is 14.8 Å². The highest BCUT2D eigenvalue weighted by Gasteiger charge is 2.22. The first kappa shape index (κ1) is 12.6. The number of hydrogen-bond acceptors (Lipinski definition) is 4. The second-order valence-corrected chi connectivity index (χ2v) is 5.00. The zero-order chi connectivity index (χ0) is 13.9. The summed E-state index contributed by atoms with van der Waals surface area (Å²) in [5, 5.41) is 9.51. The Hall–Kier alpha value is -2.44. The van der Waals surface area contributed by atoms with E-state index in [1.54, 1.807) is 18.5 Å². The van der Waals surface area contributed by atoms with Crippen molar-refractivity contribution in [1.82, 2.24) is 19.7 Å². The quantitative estimate of drug-likeness (QED) is 0.892. The van der Waals surface area contributed by atoms with E-state index in [4.69, 9.17) is 0 Å². The van der Waals surface area contributed by atoms with E-state index in [1.165, 1.54) is 12.8 Å². The van der Waals surface area contributed by atoms with Crippen LogP contribution < -0.4 is 10.6 Å². The standard InChI is InChI=1S/C13H16N6O/c1-9-4-5-14-12(16-9)18-13(20)17-11-6-15-19(8-11)7-10-2-3-10/h4-6,8,10H,2-3,7H2,1H3,(H2,14,16,17,18,20). The summed E-state index contributed by atoms with van der Waals surface area (Å²) in [7, 11) is 0. The van der Waals surface area contributed by atoms with Crippen LogP contribution in [-0.2, 0) is 6.54 Å². The van der Waals surface area contributed by atoms with Gasteiger partial charge in [-0.05, 0) is 31.7 Å². The molecule has 104 valence electrons. The van der Waals surface area contributed by atoms with Crippen molar-refractivity contribution in [2.75, 3.05) is 10.6 Å². The van der Waals surface area contributed by atoms with Crippen molar-refractivity contribution >= 4 is 17.7 Å². The molecule has 2 aromatic rings. The molecule has 7 heteroatoms. The van der Waals surface area contributed by atoms with Crippen molar-refractivity contribution in [1.29, 1.82) is 0 Å². The lowest BCUT2D eigenvalue weighted by molar-refractivity contribution is 0.262. The lowest BCUT2D eigenvalue weighted by atomic mass is 10.4. The largest absolute Gasteiger partial charge is 0.326 e. The second-order valence-electron chi connectivity index (χ2n) is 5.00. The number of hydrogen-bond donors (Lipinski definition) is 2. The summed E-state index contributed by atoms with van der Waals surface area (Å²) in [5.74, 6) is 1.03. The fourth-order valence-electron chi connectivity index (χ4n) is 1.87. The summed E-state index contributed by atoms with van der Waals surface area (Å²) >= 11 is 0. The Bertz CT molecular complexity index is 619. The molecule has 1 saturated carbocycles. The number of nitrogens with one attached hydrogen (secondary N) is 2. The SMILES string of the molecule is Cc1ccnc(NC(=O)Nc2cnn(CC3CC3)c2)n1. The monoisotopic (exact) mass is 272 g/mol. The first-order valence-corrected chi connectivity index (χ1v) is 6.59. The minimum Gasteiger partial charge on any atom is -0.305 e. The highest BCUT2D eigenvalue weighted by atomic mass is 16.2. The third kappa shape index (κ3) is 3.31. The highest BCUT2D eigenvalue weighted by molar-refractivity contribution is 5.98. The van der Waals surface area contributed by atoms with Gasteiger partial charge in [-0.15, -0.1) is 0 Å². The van der Waals surface area contributed by atoms with Gasteiger partial charge in [0, 0.05) is 24.6 Å². The molecule has 0 aliphatic heterocycles. The smallest absolute Gasteiger partial charge is 0.305 e. The molecule has 3 rings (SSSR count). The molecule has 0 atom stereocenters. The maximum atomic E-state index is 11.8. The van der Waals surface area contributed by atoms with E-state index in [0.717, 1.165) is 18.2 Å².